The van der Waals surface area contributed by atoms with Crippen LogP contribution in [0.4, 0.5) is 10.1 Å². The largest absolute Gasteiger partial charge is 0.381 e. The topological polar surface area (TPSA) is 71.1 Å². The van der Waals surface area contributed by atoms with E-state index in [1.165, 1.54) is 6.07 Å². The number of anilines is 1. The van der Waals surface area contributed by atoms with Crippen LogP contribution < -0.4 is 10.0 Å². The molecule has 24 heavy (non-hydrogen) atoms. The summed E-state index contributed by atoms with van der Waals surface area (Å²) in [5, 5.41) is 3.15. The van der Waals surface area contributed by atoms with Crippen molar-refractivity contribution in [3.63, 3.8) is 0 Å². The van der Waals surface area contributed by atoms with Crippen molar-refractivity contribution in [1.82, 2.24) is 9.71 Å². The number of hydrogen-bond donors (Lipinski definition) is 2. The van der Waals surface area contributed by atoms with Gasteiger partial charge in [0.25, 0.3) is 0 Å². The van der Waals surface area contributed by atoms with E-state index < -0.39 is 16.7 Å². The van der Waals surface area contributed by atoms with Crippen LogP contribution in [-0.2, 0) is 23.2 Å². The average Bonchev–Trinajstić information content (AvgIpc) is 3.43. The first-order valence-corrected chi connectivity index (χ1v) is 9.38. The summed E-state index contributed by atoms with van der Waals surface area (Å²) in [7, 11) is -3.67. The number of rotatable bonds is 8. The Morgan fingerprint density at radius 2 is 2.08 bits per heavy atom. The quantitative estimate of drug-likeness (QED) is 0.769. The lowest BCUT2D eigenvalue weighted by molar-refractivity contribution is 0.477. The van der Waals surface area contributed by atoms with Gasteiger partial charge in [-0.15, -0.1) is 0 Å². The second-order valence-electron chi connectivity index (χ2n) is 5.97. The predicted molar refractivity (Wildman–Crippen MR) is 90.7 cm³/mol. The van der Waals surface area contributed by atoms with E-state index in [1.807, 2.05) is 12.1 Å². The van der Waals surface area contributed by atoms with Crippen LogP contribution in [0.2, 0.25) is 0 Å². The van der Waals surface area contributed by atoms with E-state index in [0.29, 0.717) is 24.7 Å². The summed E-state index contributed by atoms with van der Waals surface area (Å²) in [6.07, 6.45) is 5.54. The van der Waals surface area contributed by atoms with Crippen LogP contribution in [-0.4, -0.2) is 19.9 Å². The minimum Gasteiger partial charge on any atom is -0.381 e. The van der Waals surface area contributed by atoms with Crippen molar-refractivity contribution in [3.8, 4) is 0 Å². The molecule has 0 radical (unpaired) electrons. The second-order valence-corrected chi connectivity index (χ2v) is 7.70. The number of aromatic nitrogens is 1. The van der Waals surface area contributed by atoms with E-state index in [1.54, 1.807) is 24.5 Å². The Morgan fingerprint density at radius 1 is 1.25 bits per heavy atom. The van der Waals surface area contributed by atoms with Gasteiger partial charge in [0, 0.05) is 36.7 Å². The third-order valence-electron chi connectivity index (χ3n) is 3.97. The van der Waals surface area contributed by atoms with Gasteiger partial charge in [0.2, 0.25) is 10.0 Å². The van der Waals surface area contributed by atoms with Gasteiger partial charge in [-0.25, -0.2) is 17.5 Å². The molecule has 1 aliphatic carbocycles. The number of benzene rings is 1. The second kappa shape index (κ2) is 7.27. The molecule has 1 aliphatic rings. The number of hydrogen-bond acceptors (Lipinski definition) is 4. The molecule has 1 aromatic carbocycles. The number of sulfonamides is 1. The first kappa shape index (κ1) is 16.9. The van der Waals surface area contributed by atoms with Crippen LogP contribution in [0.5, 0.6) is 0 Å². The molecule has 5 nitrogen and oxygen atoms in total. The smallest absolute Gasteiger partial charge is 0.240 e. The molecule has 0 aliphatic heterocycles. The van der Waals surface area contributed by atoms with Crippen molar-refractivity contribution in [2.75, 3.05) is 11.9 Å². The summed E-state index contributed by atoms with van der Waals surface area (Å²) in [4.78, 5) is 4.04. The van der Waals surface area contributed by atoms with Crippen LogP contribution in [0.25, 0.3) is 0 Å². The van der Waals surface area contributed by atoms with E-state index in [4.69, 9.17) is 0 Å². The highest BCUT2D eigenvalue weighted by Crippen LogP contribution is 2.29. The Labute approximate surface area is 141 Å². The van der Waals surface area contributed by atoms with E-state index in [9.17, 15) is 12.8 Å². The molecule has 3 rings (SSSR count). The fraction of sp³-hybridized carbons (Fsp3) is 0.353. The number of nitrogens with one attached hydrogen (secondary N) is 2. The van der Waals surface area contributed by atoms with Crippen LogP contribution in [0, 0.1) is 5.92 Å². The summed E-state index contributed by atoms with van der Waals surface area (Å²) in [6.45, 7) is 0.128. The van der Waals surface area contributed by atoms with Crippen LogP contribution >= 0.6 is 0 Å². The van der Waals surface area contributed by atoms with Gasteiger partial charge < -0.3 is 5.32 Å². The SMILES string of the molecule is O=S(=O)(NCC1CC1)c1ccc(NCc2cccnc2)cc1CF. The molecule has 0 bridgehead atoms. The number of nitrogens with zero attached hydrogens (tertiary/aromatic N) is 1. The number of alkyl halides is 1. The lowest BCUT2D eigenvalue weighted by Crippen LogP contribution is -2.26. The van der Waals surface area contributed by atoms with Gasteiger partial charge in [-0.1, -0.05) is 6.07 Å². The highest BCUT2D eigenvalue weighted by molar-refractivity contribution is 7.89. The highest BCUT2D eigenvalue weighted by atomic mass is 32.2. The zero-order chi connectivity index (χ0) is 17.0. The maximum absolute atomic E-state index is 13.3. The third kappa shape index (κ3) is 4.30. The van der Waals surface area contributed by atoms with Crippen molar-refractivity contribution in [2.45, 2.75) is 31.0 Å². The zero-order valence-electron chi connectivity index (χ0n) is 13.2. The summed E-state index contributed by atoms with van der Waals surface area (Å²) in [5.41, 5.74) is 1.82. The summed E-state index contributed by atoms with van der Waals surface area (Å²) in [5.74, 6) is 0.425. The van der Waals surface area contributed by atoms with Gasteiger partial charge in [0.05, 0.1) is 4.90 Å². The van der Waals surface area contributed by atoms with E-state index in [2.05, 4.69) is 15.0 Å². The maximum Gasteiger partial charge on any atom is 0.240 e. The molecule has 1 saturated carbocycles. The van der Waals surface area contributed by atoms with E-state index in [-0.39, 0.29) is 10.5 Å². The first-order chi connectivity index (χ1) is 11.6. The van der Waals surface area contributed by atoms with Crippen LogP contribution in [0.15, 0.2) is 47.6 Å². The molecule has 0 atom stereocenters. The molecule has 1 fully saturated rings. The molecule has 2 N–H and O–H groups in total. The molecular formula is C17H20FN3O2S. The van der Waals surface area contributed by atoms with Crippen molar-refractivity contribution in [2.24, 2.45) is 5.92 Å². The first-order valence-electron chi connectivity index (χ1n) is 7.90. The molecule has 0 unspecified atom stereocenters. The minimum absolute atomic E-state index is 0.0116. The van der Waals surface area contributed by atoms with E-state index in [0.717, 1.165) is 18.4 Å². The number of pyridine rings is 1. The molecule has 0 saturated heterocycles. The summed E-state index contributed by atoms with van der Waals surface area (Å²) >= 11 is 0. The normalized spacial score (nSPS) is 14.5. The average molecular weight is 349 g/mol. The molecular weight excluding hydrogens is 329 g/mol. The van der Waals surface area contributed by atoms with Gasteiger partial charge in [0.1, 0.15) is 6.67 Å². The van der Waals surface area contributed by atoms with Crippen LogP contribution in [0.1, 0.15) is 24.0 Å². The zero-order valence-corrected chi connectivity index (χ0v) is 14.0. The molecule has 1 heterocycles. The van der Waals surface area contributed by atoms with Gasteiger partial charge in [-0.2, -0.15) is 0 Å². The lowest BCUT2D eigenvalue weighted by Gasteiger charge is -2.12. The maximum atomic E-state index is 13.3. The Kier molecular flexibility index (Phi) is 5.11. The van der Waals surface area contributed by atoms with Gasteiger partial charge in [-0.05, 0) is 48.6 Å². The van der Waals surface area contributed by atoms with Crippen molar-refractivity contribution in [3.05, 3.63) is 53.9 Å². The molecule has 0 amide bonds. The highest BCUT2D eigenvalue weighted by Gasteiger charge is 2.25. The van der Waals surface area contributed by atoms with E-state index >= 15 is 0 Å². The van der Waals surface area contributed by atoms with Crippen LogP contribution in [0.3, 0.4) is 0 Å². The van der Waals surface area contributed by atoms with Crippen molar-refractivity contribution >= 4 is 15.7 Å². The Balaban J connectivity index is 1.72. The lowest BCUT2D eigenvalue weighted by atomic mass is 10.2. The number of halogens is 1. The Hall–Kier alpha value is -1.99. The van der Waals surface area contributed by atoms with Gasteiger partial charge >= 0.3 is 0 Å². The Morgan fingerprint density at radius 3 is 2.75 bits per heavy atom. The monoisotopic (exact) mass is 349 g/mol. The standard InChI is InChI=1S/C17H20FN3O2S/c18-9-15-8-16(20-11-14-2-1-7-19-10-14)5-6-17(15)24(22,23)21-12-13-3-4-13/h1-2,5-8,10,13,20-21H,3-4,9,11-12H2. The van der Waals surface area contributed by atoms with Crippen molar-refractivity contribution < 1.29 is 12.8 Å². The fourth-order valence-electron chi connectivity index (χ4n) is 2.39. The van der Waals surface area contributed by atoms with Gasteiger partial charge in [0.15, 0.2) is 0 Å². The minimum atomic E-state index is -3.67. The molecule has 7 heteroatoms. The van der Waals surface area contributed by atoms with Crippen molar-refractivity contribution in [1.29, 1.82) is 0 Å². The fourth-order valence-corrected chi connectivity index (χ4v) is 3.71. The third-order valence-corrected chi connectivity index (χ3v) is 5.50. The molecule has 0 spiro atoms. The summed E-state index contributed by atoms with van der Waals surface area (Å²) < 4.78 is 40.6. The predicted octanol–water partition coefficient (Wildman–Crippen LogP) is 2.85. The molecule has 128 valence electrons. The molecule has 1 aromatic heterocycles. The van der Waals surface area contributed by atoms with Gasteiger partial charge in [-0.3, -0.25) is 4.98 Å². The molecule has 2 aromatic rings. The summed E-state index contributed by atoms with van der Waals surface area (Å²) in [6, 6.07) is 8.42. The Bertz CT molecular complexity index is 793.